The number of nitrogens with one attached hydrogen (secondary N) is 1. The van der Waals surface area contributed by atoms with Crippen molar-refractivity contribution in [2.45, 2.75) is 38.4 Å². The third-order valence-electron chi connectivity index (χ3n) is 2.81. The Kier molecular flexibility index (Phi) is 4.10. The molecule has 0 fully saturated rings. The number of hydrogen-bond acceptors (Lipinski definition) is 4. The van der Waals surface area contributed by atoms with E-state index in [0.29, 0.717) is 5.25 Å². The lowest BCUT2D eigenvalue weighted by atomic mass is 10.2. The Bertz CT molecular complexity index is 411. The molecule has 1 aliphatic rings. The molecule has 1 N–H and O–H groups in total. The van der Waals surface area contributed by atoms with E-state index in [4.69, 9.17) is 0 Å². The zero-order valence-corrected chi connectivity index (χ0v) is 11.5. The van der Waals surface area contributed by atoms with Crippen LogP contribution < -0.4 is 5.32 Å². The lowest BCUT2D eigenvalue weighted by Crippen LogP contribution is -2.08. The maximum Gasteiger partial charge on any atom is 0.161 e. The van der Waals surface area contributed by atoms with Gasteiger partial charge in [0.05, 0.1) is 17.9 Å². The van der Waals surface area contributed by atoms with Crippen molar-refractivity contribution in [3.63, 3.8) is 0 Å². The molecule has 5 heteroatoms. The van der Waals surface area contributed by atoms with Crippen LogP contribution in [0.3, 0.4) is 0 Å². The molecule has 17 heavy (non-hydrogen) atoms. The molecule has 0 aromatic carbocycles. The molecule has 1 unspecified atom stereocenters. The van der Waals surface area contributed by atoms with Gasteiger partial charge in [-0.15, -0.1) is 0 Å². The Labute approximate surface area is 107 Å². The van der Waals surface area contributed by atoms with Crippen molar-refractivity contribution in [3.05, 3.63) is 11.9 Å². The number of aromatic nitrogens is 2. The van der Waals surface area contributed by atoms with Crippen LogP contribution in [0.5, 0.6) is 0 Å². The standard InChI is InChI=1S/C12H20N4S/c1-4-6-9-7-13-12(17-9)14-11-8-16(3)15-10(11)5-2/h8-9H,4-7H2,1-3H3,(H,13,14). The Morgan fingerprint density at radius 3 is 3.06 bits per heavy atom. The van der Waals surface area contributed by atoms with E-state index in [1.54, 1.807) is 0 Å². The number of aliphatic imine (C=N–C) groups is 1. The minimum absolute atomic E-state index is 0.657. The lowest BCUT2D eigenvalue weighted by Gasteiger charge is -2.07. The summed E-state index contributed by atoms with van der Waals surface area (Å²) in [5, 5.41) is 9.52. The number of rotatable bonds is 4. The summed E-state index contributed by atoms with van der Waals surface area (Å²) in [4.78, 5) is 4.55. The van der Waals surface area contributed by atoms with Gasteiger partial charge in [0.25, 0.3) is 0 Å². The quantitative estimate of drug-likeness (QED) is 0.896. The van der Waals surface area contributed by atoms with Gasteiger partial charge >= 0.3 is 0 Å². The molecule has 0 spiro atoms. The lowest BCUT2D eigenvalue weighted by molar-refractivity contribution is 0.746. The summed E-state index contributed by atoms with van der Waals surface area (Å²) in [6.07, 6.45) is 5.44. The van der Waals surface area contributed by atoms with Crippen molar-refractivity contribution >= 4 is 22.6 Å². The normalized spacial score (nSPS) is 19.5. The van der Waals surface area contributed by atoms with Gasteiger partial charge in [-0.05, 0) is 12.8 Å². The summed E-state index contributed by atoms with van der Waals surface area (Å²) in [5.41, 5.74) is 2.20. The second-order valence-electron chi connectivity index (χ2n) is 4.32. The van der Waals surface area contributed by atoms with Crippen molar-refractivity contribution in [1.82, 2.24) is 9.78 Å². The summed E-state index contributed by atoms with van der Waals surface area (Å²) < 4.78 is 1.85. The van der Waals surface area contributed by atoms with Crippen molar-refractivity contribution in [3.8, 4) is 0 Å². The number of anilines is 1. The molecule has 4 nitrogen and oxygen atoms in total. The number of nitrogens with zero attached hydrogens (tertiary/aromatic N) is 3. The molecule has 0 radical (unpaired) electrons. The Morgan fingerprint density at radius 2 is 2.35 bits per heavy atom. The van der Waals surface area contributed by atoms with Gasteiger partial charge in [0.15, 0.2) is 5.17 Å². The molecule has 0 saturated heterocycles. The van der Waals surface area contributed by atoms with Crippen LogP contribution in [-0.4, -0.2) is 26.7 Å². The SMILES string of the molecule is CCCC1CN=C(Nc2cn(C)nc2CC)S1. The highest BCUT2D eigenvalue weighted by Crippen LogP contribution is 2.26. The van der Waals surface area contributed by atoms with Gasteiger partial charge in [0.2, 0.25) is 0 Å². The van der Waals surface area contributed by atoms with Crippen LogP contribution in [0.2, 0.25) is 0 Å². The molecule has 1 aliphatic heterocycles. The maximum atomic E-state index is 4.55. The van der Waals surface area contributed by atoms with E-state index >= 15 is 0 Å². The molecular weight excluding hydrogens is 232 g/mol. The summed E-state index contributed by atoms with van der Waals surface area (Å²) in [5.74, 6) is 0. The Hall–Kier alpha value is -0.970. The third kappa shape index (κ3) is 3.03. The molecule has 0 aliphatic carbocycles. The summed E-state index contributed by atoms with van der Waals surface area (Å²) in [6.45, 7) is 5.29. The minimum atomic E-state index is 0.657. The first-order valence-electron chi connectivity index (χ1n) is 6.23. The number of hydrogen-bond donors (Lipinski definition) is 1. The monoisotopic (exact) mass is 252 g/mol. The fraction of sp³-hybridized carbons (Fsp3) is 0.667. The van der Waals surface area contributed by atoms with E-state index in [1.165, 1.54) is 12.8 Å². The zero-order chi connectivity index (χ0) is 12.3. The molecule has 1 aromatic heterocycles. The molecule has 2 heterocycles. The minimum Gasteiger partial charge on any atom is -0.332 e. The van der Waals surface area contributed by atoms with E-state index in [2.05, 4.69) is 29.3 Å². The molecular formula is C12H20N4S. The zero-order valence-electron chi connectivity index (χ0n) is 10.7. The largest absolute Gasteiger partial charge is 0.332 e. The van der Waals surface area contributed by atoms with Gasteiger partial charge in [0.1, 0.15) is 0 Å². The molecule has 94 valence electrons. The van der Waals surface area contributed by atoms with Crippen LogP contribution in [0.25, 0.3) is 0 Å². The van der Waals surface area contributed by atoms with Crippen molar-refractivity contribution in [2.75, 3.05) is 11.9 Å². The first-order chi connectivity index (χ1) is 8.22. The number of amidine groups is 1. The average Bonchev–Trinajstić information content (AvgIpc) is 2.87. The molecule has 0 amide bonds. The van der Waals surface area contributed by atoms with Crippen LogP contribution >= 0.6 is 11.8 Å². The van der Waals surface area contributed by atoms with Crippen LogP contribution in [-0.2, 0) is 13.5 Å². The van der Waals surface area contributed by atoms with Gasteiger partial charge < -0.3 is 5.32 Å². The molecule has 0 saturated carbocycles. The third-order valence-corrected chi connectivity index (χ3v) is 3.98. The maximum absolute atomic E-state index is 4.55. The highest BCUT2D eigenvalue weighted by molar-refractivity contribution is 8.15. The Balaban J connectivity index is 1.97. The Morgan fingerprint density at radius 1 is 1.53 bits per heavy atom. The van der Waals surface area contributed by atoms with Crippen LogP contribution in [0.1, 0.15) is 32.4 Å². The topological polar surface area (TPSA) is 42.2 Å². The average molecular weight is 252 g/mol. The van der Waals surface area contributed by atoms with Crippen LogP contribution in [0.15, 0.2) is 11.2 Å². The van der Waals surface area contributed by atoms with E-state index in [9.17, 15) is 0 Å². The van der Waals surface area contributed by atoms with Crippen molar-refractivity contribution < 1.29 is 0 Å². The summed E-state index contributed by atoms with van der Waals surface area (Å²) in [7, 11) is 1.95. The van der Waals surface area contributed by atoms with Gasteiger partial charge in [-0.25, -0.2) is 0 Å². The first-order valence-corrected chi connectivity index (χ1v) is 7.11. The van der Waals surface area contributed by atoms with Crippen molar-refractivity contribution in [2.24, 2.45) is 12.0 Å². The number of thioether (sulfide) groups is 1. The van der Waals surface area contributed by atoms with Crippen molar-refractivity contribution in [1.29, 1.82) is 0 Å². The molecule has 0 bridgehead atoms. The van der Waals surface area contributed by atoms with Gasteiger partial charge in [0, 0.05) is 18.5 Å². The van der Waals surface area contributed by atoms with Gasteiger partial charge in [-0.2, -0.15) is 5.10 Å². The molecule has 1 atom stereocenters. The van der Waals surface area contributed by atoms with E-state index in [-0.39, 0.29) is 0 Å². The predicted octanol–water partition coefficient (Wildman–Crippen LogP) is 2.67. The smallest absolute Gasteiger partial charge is 0.161 e. The van der Waals surface area contributed by atoms with Crippen LogP contribution in [0, 0.1) is 0 Å². The fourth-order valence-corrected chi connectivity index (χ4v) is 3.11. The second-order valence-corrected chi connectivity index (χ2v) is 5.61. The fourth-order valence-electron chi connectivity index (χ4n) is 1.97. The van der Waals surface area contributed by atoms with Gasteiger partial charge in [-0.3, -0.25) is 9.67 Å². The second kappa shape index (κ2) is 5.58. The van der Waals surface area contributed by atoms with E-state index in [0.717, 1.165) is 29.5 Å². The summed E-state index contributed by atoms with van der Waals surface area (Å²) in [6, 6.07) is 0. The highest BCUT2D eigenvalue weighted by atomic mass is 32.2. The first kappa shape index (κ1) is 12.5. The number of aryl methyl sites for hydroxylation is 2. The molecule has 2 rings (SSSR count). The van der Waals surface area contributed by atoms with E-state index < -0.39 is 0 Å². The van der Waals surface area contributed by atoms with Gasteiger partial charge in [-0.1, -0.05) is 32.0 Å². The molecule has 1 aromatic rings. The predicted molar refractivity (Wildman–Crippen MR) is 74.8 cm³/mol. The summed E-state index contributed by atoms with van der Waals surface area (Å²) >= 11 is 1.86. The highest BCUT2D eigenvalue weighted by Gasteiger charge is 2.19. The van der Waals surface area contributed by atoms with Crippen LogP contribution in [0.4, 0.5) is 5.69 Å². The van der Waals surface area contributed by atoms with E-state index in [1.807, 2.05) is 29.7 Å².